The van der Waals surface area contributed by atoms with Crippen molar-refractivity contribution in [2.24, 2.45) is 0 Å². The van der Waals surface area contributed by atoms with Crippen LogP contribution < -0.4 is 20.3 Å². The Labute approximate surface area is 216 Å². The number of carbonyl (C=O) groups excluding carboxylic acids is 2. The molecule has 1 aromatic heterocycles. The molecule has 1 aliphatic rings. The molecule has 8 nitrogen and oxygen atoms in total. The van der Waals surface area contributed by atoms with Crippen molar-refractivity contribution in [1.29, 1.82) is 0 Å². The monoisotopic (exact) mass is 506 g/mol. The molecule has 2 aromatic carbocycles. The number of amides is 2. The van der Waals surface area contributed by atoms with E-state index in [0.717, 1.165) is 43.1 Å². The van der Waals surface area contributed by atoms with Gasteiger partial charge < -0.3 is 24.3 Å². The summed E-state index contributed by atoms with van der Waals surface area (Å²) in [5.41, 5.74) is 2.33. The Morgan fingerprint density at radius 3 is 2.36 bits per heavy atom. The number of benzene rings is 2. The fourth-order valence-corrected chi connectivity index (χ4v) is 4.06. The maximum absolute atomic E-state index is 12.5. The van der Waals surface area contributed by atoms with Gasteiger partial charge in [0.15, 0.2) is 10.9 Å². The molecule has 0 atom stereocenters. The summed E-state index contributed by atoms with van der Waals surface area (Å²) in [4.78, 5) is 29.0. The van der Waals surface area contributed by atoms with E-state index in [0.29, 0.717) is 31.0 Å². The summed E-state index contributed by atoms with van der Waals surface area (Å²) in [6.45, 7) is 5.49. The number of piperazine rings is 1. The summed E-state index contributed by atoms with van der Waals surface area (Å²) < 4.78 is 10.9. The maximum atomic E-state index is 12.5. The molecular weight excluding hydrogens is 476 g/mol. The summed E-state index contributed by atoms with van der Waals surface area (Å²) in [7, 11) is 0. The number of hydrogen-bond acceptors (Lipinski definition) is 6. The van der Waals surface area contributed by atoms with E-state index in [2.05, 4.69) is 22.5 Å². The van der Waals surface area contributed by atoms with Gasteiger partial charge in [0.05, 0.1) is 12.9 Å². The number of rotatable bonds is 8. The number of ether oxygens (including phenoxy) is 1. The zero-order valence-corrected chi connectivity index (χ0v) is 21.1. The number of hydrogen-bond donors (Lipinski definition) is 2. The second-order valence-corrected chi connectivity index (χ2v) is 8.85. The molecule has 0 aliphatic carbocycles. The van der Waals surface area contributed by atoms with Crippen molar-refractivity contribution in [3.8, 4) is 5.75 Å². The zero-order chi connectivity index (χ0) is 25.3. The summed E-state index contributed by atoms with van der Waals surface area (Å²) in [6.07, 6.45) is 3.57. The highest BCUT2D eigenvalue weighted by Crippen LogP contribution is 2.20. The van der Waals surface area contributed by atoms with E-state index in [1.807, 2.05) is 24.3 Å². The van der Waals surface area contributed by atoms with Crippen molar-refractivity contribution < 1.29 is 18.7 Å². The van der Waals surface area contributed by atoms with E-state index in [4.69, 9.17) is 21.4 Å². The lowest BCUT2D eigenvalue weighted by Gasteiger charge is -2.35. The van der Waals surface area contributed by atoms with E-state index in [-0.39, 0.29) is 16.9 Å². The first kappa shape index (κ1) is 25.2. The van der Waals surface area contributed by atoms with Crippen molar-refractivity contribution in [2.75, 3.05) is 43.0 Å². The van der Waals surface area contributed by atoms with Gasteiger partial charge in [0.2, 0.25) is 0 Å². The first-order chi connectivity index (χ1) is 17.5. The predicted molar refractivity (Wildman–Crippen MR) is 144 cm³/mol. The minimum absolute atomic E-state index is 0.0778. The van der Waals surface area contributed by atoms with Gasteiger partial charge in [0, 0.05) is 43.1 Å². The van der Waals surface area contributed by atoms with Crippen LogP contribution in [0.3, 0.4) is 0 Å². The van der Waals surface area contributed by atoms with E-state index in [9.17, 15) is 9.59 Å². The minimum atomic E-state index is -0.286. The van der Waals surface area contributed by atoms with Gasteiger partial charge in [-0.2, -0.15) is 0 Å². The van der Waals surface area contributed by atoms with E-state index >= 15 is 0 Å². The van der Waals surface area contributed by atoms with Gasteiger partial charge in [-0.15, -0.1) is 0 Å². The number of nitrogens with zero attached hydrogens (tertiary/aromatic N) is 2. The maximum Gasteiger partial charge on any atom is 0.289 e. The molecule has 1 saturated heterocycles. The first-order valence-corrected chi connectivity index (χ1v) is 12.5. The average Bonchev–Trinajstić information content (AvgIpc) is 3.44. The smallest absolute Gasteiger partial charge is 0.289 e. The molecule has 2 N–H and O–H groups in total. The lowest BCUT2D eigenvalue weighted by atomic mass is 10.2. The third kappa shape index (κ3) is 6.63. The predicted octanol–water partition coefficient (Wildman–Crippen LogP) is 4.55. The molecule has 36 heavy (non-hydrogen) atoms. The van der Waals surface area contributed by atoms with Crippen LogP contribution in [-0.4, -0.2) is 54.6 Å². The van der Waals surface area contributed by atoms with Crippen molar-refractivity contribution in [1.82, 2.24) is 10.2 Å². The Kier molecular flexibility index (Phi) is 8.57. The molecule has 0 saturated carbocycles. The Balaban J connectivity index is 1.23. The summed E-state index contributed by atoms with van der Waals surface area (Å²) in [5, 5.41) is 5.98. The van der Waals surface area contributed by atoms with Gasteiger partial charge in [-0.25, -0.2) is 0 Å². The lowest BCUT2D eigenvalue weighted by Crippen LogP contribution is -2.48. The molecule has 3 aromatic rings. The van der Waals surface area contributed by atoms with Crippen molar-refractivity contribution in [3.63, 3.8) is 0 Å². The molecule has 188 valence electrons. The fraction of sp³-hybridized carbons (Fsp3) is 0.296. The summed E-state index contributed by atoms with van der Waals surface area (Å²) in [6, 6.07) is 18.2. The second-order valence-electron chi connectivity index (χ2n) is 8.44. The minimum Gasteiger partial charge on any atom is -0.494 e. The van der Waals surface area contributed by atoms with Crippen LogP contribution in [0.1, 0.15) is 40.7 Å². The summed E-state index contributed by atoms with van der Waals surface area (Å²) in [5.74, 6) is 0.749. The molecule has 2 heterocycles. The molecule has 1 fully saturated rings. The third-order valence-corrected chi connectivity index (χ3v) is 6.10. The van der Waals surface area contributed by atoms with Gasteiger partial charge in [-0.05, 0) is 79.3 Å². The number of furan rings is 1. The van der Waals surface area contributed by atoms with E-state index in [1.54, 1.807) is 41.3 Å². The van der Waals surface area contributed by atoms with Crippen LogP contribution in [0.15, 0.2) is 71.3 Å². The Morgan fingerprint density at radius 2 is 1.72 bits per heavy atom. The number of unbranched alkanes of at least 4 members (excludes halogenated alkanes) is 1. The molecule has 0 unspecified atom stereocenters. The molecule has 0 spiro atoms. The van der Waals surface area contributed by atoms with Crippen LogP contribution >= 0.6 is 12.2 Å². The van der Waals surface area contributed by atoms with Gasteiger partial charge in [-0.1, -0.05) is 13.3 Å². The molecular formula is C27H30N4O4S. The molecule has 0 radical (unpaired) electrons. The standard InChI is InChI=1S/C27H30N4O4S/c1-2-3-18-34-23-12-6-20(7-13-23)25(32)29-27(36)28-21-8-10-22(11-9-21)30-14-16-31(17-15-30)26(33)24-5-4-19-35-24/h4-13,19H,2-3,14-18H2,1H3,(H2,28,29,32,36). The van der Waals surface area contributed by atoms with Gasteiger partial charge in [0.1, 0.15) is 5.75 Å². The molecule has 2 amide bonds. The quantitative estimate of drug-likeness (QED) is 0.342. The molecule has 9 heteroatoms. The Hall–Kier alpha value is -3.85. The number of carbonyl (C=O) groups is 2. The SMILES string of the molecule is CCCCOc1ccc(C(=O)NC(=S)Nc2ccc(N3CCN(C(=O)c4ccco4)CC3)cc2)cc1. The van der Waals surface area contributed by atoms with Crippen molar-refractivity contribution in [2.45, 2.75) is 19.8 Å². The van der Waals surface area contributed by atoms with E-state index in [1.165, 1.54) is 6.26 Å². The topological polar surface area (TPSA) is 87.0 Å². The third-order valence-electron chi connectivity index (χ3n) is 5.90. The van der Waals surface area contributed by atoms with Crippen LogP contribution in [0, 0.1) is 0 Å². The Morgan fingerprint density at radius 1 is 1.00 bits per heavy atom. The Bertz CT molecular complexity index is 1160. The second kappa shape index (κ2) is 12.2. The van der Waals surface area contributed by atoms with Crippen molar-refractivity contribution in [3.05, 3.63) is 78.3 Å². The number of nitrogens with one attached hydrogen (secondary N) is 2. The van der Waals surface area contributed by atoms with Crippen LogP contribution in [0.5, 0.6) is 5.75 Å². The van der Waals surface area contributed by atoms with Crippen LogP contribution in [-0.2, 0) is 0 Å². The van der Waals surface area contributed by atoms with Gasteiger partial charge in [0.25, 0.3) is 11.8 Å². The largest absolute Gasteiger partial charge is 0.494 e. The zero-order valence-electron chi connectivity index (χ0n) is 20.2. The van der Waals surface area contributed by atoms with E-state index < -0.39 is 0 Å². The average molecular weight is 507 g/mol. The van der Waals surface area contributed by atoms with Gasteiger partial charge in [-0.3, -0.25) is 14.9 Å². The van der Waals surface area contributed by atoms with Crippen LogP contribution in [0.4, 0.5) is 11.4 Å². The van der Waals surface area contributed by atoms with Crippen LogP contribution in [0.2, 0.25) is 0 Å². The highest BCUT2D eigenvalue weighted by atomic mass is 32.1. The highest BCUT2D eigenvalue weighted by Gasteiger charge is 2.23. The molecule has 0 bridgehead atoms. The van der Waals surface area contributed by atoms with Crippen molar-refractivity contribution >= 4 is 40.5 Å². The summed E-state index contributed by atoms with van der Waals surface area (Å²) >= 11 is 5.31. The fourth-order valence-electron chi connectivity index (χ4n) is 3.85. The first-order valence-electron chi connectivity index (χ1n) is 12.1. The van der Waals surface area contributed by atoms with Crippen LogP contribution in [0.25, 0.3) is 0 Å². The van der Waals surface area contributed by atoms with Gasteiger partial charge >= 0.3 is 0 Å². The molecule has 4 rings (SSSR count). The molecule has 1 aliphatic heterocycles. The normalized spacial score (nSPS) is 13.2. The highest BCUT2D eigenvalue weighted by molar-refractivity contribution is 7.80. The lowest BCUT2D eigenvalue weighted by molar-refractivity contribution is 0.0714. The number of anilines is 2. The number of thiocarbonyl (C=S) groups is 1.